The molecule has 45 heavy (non-hydrogen) atoms. The Kier molecular flexibility index (Phi) is 9.17. The number of nitrogens with zero attached hydrogens (tertiary/aromatic N) is 3. The van der Waals surface area contributed by atoms with Crippen LogP contribution in [-0.2, 0) is 37.0 Å². The van der Waals surface area contributed by atoms with Gasteiger partial charge >= 0.3 is 18.2 Å². The Morgan fingerprint density at radius 1 is 0.933 bits per heavy atom. The highest BCUT2D eigenvalue weighted by Gasteiger charge is 2.58. The first-order valence-corrected chi connectivity index (χ1v) is 14.6. The van der Waals surface area contributed by atoms with E-state index in [1.807, 2.05) is 0 Å². The van der Waals surface area contributed by atoms with Gasteiger partial charge in [-0.05, 0) is 42.3 Å². The summed E-state index contributed by atoms with van der Waals surface area (Å²) in [5, 5.41) is 27.0. The number of carbonyl (C=O) groups excluding carboxylic acids is 4. The van der Waals surface area contributed by atoms with Gasteiger partial charge in [0.15, 0.2) is 0 Å². The largest absolute Gasteiger partial charge is 0.508 e. The highest BCUT2D eigenvalue weighted by molar-refractivity contribution is 8.03. The zero-order valence-electron chi connectivity index (χ0n) is 23.7. The van der Waals surface area contributed by atoms with Crippen molar-refractivity contribution in [3.8, 4) is 0 Å². The normalized spacial score (nSPS) is 19.9. The van der Waals surface area contributed by atoms with E-state index < -0.39 is 45.9 Å². The maximum absolute atomic E-state index is 13.4. The van der Waals surface area contributed by atoms with Gasteiger partial charge < -0.3 is 29.7 Å². The molecule has 2 saturated heterocycles. The summed E-state index contributed by atoms with van der Waals surface area (Å²) in [6.45, 7) is 1.85. The number of amides is 3. The summed E-state index contributed by atoms with van der Waals surface area (Å²) in [7, 11) is 0. The molecule has 0 aliphatic carbocycles. The van der Waals surface area contributed by atoms with E-state index in [-0.39, 0.29) is 41.6 Å². The molecule has 0 aromatic heterocycles. The third-order valence-corrected chi connectivity index (χ3v) is 8.77. The molecule has 3 amide bonds. The number of nitro benzene ring substituents is 2. The van der Waals surface area contributed by atoms with Gasteiger partial charge in [-0.25, -0.2) is 14.4 Å². The lowest BCUT2D eigenvalue weighted by atomic mass is 9.83. The second kappa shape index (κ2) is 13.2. The van der Waals surface area contributed by atoms with Crippen LogP contribution in [0.15, 0.2) is 59.1 Å². The monoisotopic (exact) mass is 641 g/mol. The number of nitrogens with one attached hydrogen (secondary N) is 2. The van der Waals surface area contributed by atoms with E-state index in [2.05, 4.69) is 10.6 Å². The zero-order valence-corrected chi connectivity index (χ0v) is 24.5. The Morgan fingerprint density at radius 2 is 1.47 bits per heavy atom. The lowest BCUT2D eigenvalue weighted by Gasteiger charge is -2.45. The fourth-order valence-electron chi connectivity index (χ4n) is 5.19. The summed E-state index contributed by atoms with van der Waals surface area (Å²) in [5.74, 6) is -1.96. The number of rotatable bonds is 11. The Labute approximate surface area is 259 Å². The van der Waals surface area contributed by atoms with Crippen LogP contribution in [0.2, 0.25) is 0 Å². The number of ether oxygens (including phenoxy) is 3. The fraction of sp³-hybridized carbons (Fsp3) is 0.357. The first kappa shape index (κ1) is 31.2. The molecule has 16 nitrogen and oxygen atoms in total. The molecule has 0 spiro atoms. The quantitative estimate of drug-likeness (QED) is 0.157. The summed E-state index contributed by atoms with van der Waals surface area (Å²) >= 11 is 1.34. The SMILES string of the molecule is CC(OC(=O)OCc1ccc([N+](=O)[O-])cc1)C1C(=O)N2C(C(=O)OCc3ccc([N+](=O)[O-])cc3)=C(SC3CNC(=O)NC3)C[C@H]12. The van der Waals surface area contributed by atoms with Crippen molar-refractivity contribution in [2.75, 3.05) is 13.1 Å². The number of β-lactam (4-membered cyclic amide) rings is 1. The average molecular weight is 642 g/mol. The summed E-state index contributed by atoms with van der Waals surface area (Å²) in [6.07, 6.45) is -1.64. The number of esters is 1. The summed E-state index contributed by atoms with van der Waals surface area (Å²) in [5.41, 5.74) is 0.868. The number of nitro groups is 2. The van der Waals surface area contributed by atoms with Crippen molar-refractivity contribution in [3.05, 3.63) is 90.5 Å². The summed E-state index contributed by atoms with van der Waals surface area (Å²) in [4.78, 5) is 73.2. The minimum atomic E-state index is -1.03. The van der Waals surface area contributed by atoms with Gasteiger partial charge in [-0.3, -0.25) is 25.0 Å². The first-order chi connectivity index (χ1) is 21.5. The van der Waals surface area contributed by atoms with E-state index in [1.165, 1.54) is 65.2 Å². The third-order valence-electron chi connectivity index (χ3n) is 7.46. The number of benzene rings is 2. The van der Waals surface area contributed by atoms with Crippen molar-refractivity contribution in [2.24, 2.45) is 5.92 Å². The molecule has 0 saturated carbocycles. The molecule has 17 heteroatoms. The van der Waals surface area contributed by atoms with Gasteiger partial charge in [0.2, 0.25) is 5.91 Å². The molecule has 0 bridgehead atoms. The molecule has 2 fully saturated rings. The number of fused-ring (bicyclic) bond motifs is 1. The van der Waals surface area contributed by atoms with Crippen molar-refractivity contribution in [2.45, 2.75) is 44.0 Å². The molecule has 0 radical (unpaired) electrons. The lowest BCUT2D eigenvalue weighted by Crippen LogP contribution is -2.62. The maximum atomic E-state index is 13.4. The Morgan fingerprint density at radius 3 is 2.00 bits per heavy atom. The van der Waals surface area contributed by atoms with Crippen molar-refractivity contribution in [1.29, 1.82) is 0 Å². The third kappa shape index (κ3) is 6.98. The van der Waals surface area contributed by atoms with Gasteiger partial charge in [-0.15, -0.1) is 11.8 Å². The van der Waals surface area contributed by atoms with E-state index in [1.54, 1.807) is 6.92 Å². The van der Waals surface area contributed by atoms with Gasteiger partial charge in [0.05, 0.1) is 21.8 Å². The molecule has 3 atom stereocenters. The molecule has 5 rings (SSSR count). The number of hydrogen-bond acceptors (Lipinski definition) is 12. The number of carbonyl (C=O) groups is 4. The van der Waals surface area contributed by atoms with Gasteiger partial charge in [0, 0.05) is 53.9 Å². The van der Waals surface area contributed by atoms with E-state index in [0.29, 0.717) is 35.5 Å². The topological polar surface area (TPSA) is 210 Å². The molecular weight excluding hydrogens is 614 g/mol. The molecule has 2 aromatic rings. The Balaban J connectivity index is 1.23. The molecule has 2 aromatic carbocycles. The van der Waals surface area contributed by atoms with Gasteiger partial charge in [0.1, 0.15) is 25.0 Å². The fourth-order valence-corrected chi connectivity index (χ4v) is 6.49. The van der Waals surface area contributed by atoms with Crippen LogP contribution in [0.3, 0.4) is 0 Å². The predicted molar refractivity (Wildman–Crippen MR) is 155 cm³/mol. The molecule has 3 aliphatic heterocycles. The highest BCUT2D eigenvalue weighted by Crippen LogP contribution is 2.48. The van der Waals surface area contributed by atoms with Gasteiger partial charge in [-0.1, -0.05) is 0 Å². The number of hydrogen-bond donors (Lipinski definition) is 2. The molecular formula is C28H27N5O11S. The standard InChI is InChI=1S/C28H27N5O11S/c1-15(44-28(37)43-14-17-4-8-19(9-5-17)33(40)41)23-21-10-22(45-20-11-29-27(36)30-12-20)24(31(21)25(23)34)26(35)42-13-16-2-6-18(7-3-16)32(38)39/h2-9,15,20-21,23H,10-14H2,1H3,(H2,29,30,36)/t15?,21-,23?/m1/s1. The van der Waals surface area contributed by atoms with Crippen LogP contribution in [0.1, 0.15) is 24.5 Å². The smallest absolute Gasteiger partial charge is 0.456 e. The number of urea groups is 1. The molecule has 3 aliphatic rings. The van der Waals surface area contributed by atoms with E-state index in [0.717, 1.165) is 0 Å². The van der Waals surface area contributed by atoms with Crippen LogP contribution in [0.25, 0.3) is 0 Å². The summed E-state index contributed by atoms with van der Waals surface area (Å²) in [6, 6.07) is 10.2. The molecule has 2 N–H and O–H groups in total. The van der Waals surface area contributed by atoms with Crippen LogP contribution < -0.4 is 10.6 Å². The lowest BCUT2D eigenvalue weighted by molar-refractivity contribution is -0.385. The van der Waals surface area contributed by atoms with Crippen LogP contribution in [0.5, 0.6) is 0 Å². The first-order valence-electron chi connectivity index (χ1n) is 13.7. The van der Waals surface area contributed by atoms with Crippen molar-refractivity contribution in [3.63, 3.8) is 0 Å². The van der Waals surface area contributed by atoms with Crippen LogP contribution in [-0.4, -0.2) is 69.3 Å². The predicted octanol–water partition coefficient (Wildman–Crippen LogP) is 3.15. The maximum Gasteiger partial charge on any atom is 0.508 e. The Bertz CT molecular complexity index is 1550. The minimum absolute atomic E-state index is 0.0676. The molecule has 236 valence electrons. The second-order valence-corrected chi connectivity index (χ2v) is 11.8. The van der Waals surface area contributed by atoms with Crippen LogP contribution in [0, 0.1) is 26.1 Å². The van der Waals surface area contributed by atoms with Crippen molar-refractivity contribution in [1.82, 2.24) is 15.5 Å². The summed E-state index contributed by atoms with van der Waals surface area (Å²) < 4.78 is 16.0. The zero-order chi connectivity index (χ0) is 32.2. The van der Waals surface area contributed by atoms with E-state index in [9.17, 15) is 39.4 Å². The van der Waals surface area contributed by atoms with Gasteiger partial charge in [-0.2, -0.15) is 0 Å². The minimum Gasteiger partial charge on any atom is -0.456 e. The highest BCUT2D eigenvalue weighted by atomic mass is 32.2. The number of non-ortho nitro benzene ring substituents is 2. The Hall–Kier alpha value is -5.19. The van der Waals surface area contributed by atoms with E-state index >= 15 is 0 Å². The van der Waals surface area contributed by atoms with Gasteiger partial charge in [0.25, 0.3) is 11.4 Å². The number of thioether (sulfide) groups is 1. The average Bonchev–Trinajstić information content (AvgIpc) is 3.34. The van der Waals surface area contributed by atoms with Crippen LogP contribution in [0.4, 0.5) is 21.0 Å². The molecule has 3 heterocycles. The van der Waals surface area contributed by atoms with Crippen molar-refractivity contribution >= 4 is 47.2 Å². The van der Waals surface area contributed by atoms with Crippen molar-refractivity contribution < 1.29 is 43.2 Å². The second-order valence-electron chi connectivity index (χ2n) is 10.4. The molecule has 2 unspecified atom stereocenters. The van der Waals surface area contributed by atoms with Crippen LogP contribution >= 0.6 is 11.8 Å². The van der Waals surface area contributed by atoms with E-state index in [4.69, 9.17) is 14.2 Å².